The Hall–Kier alpha value is -3.33. The van der Waals surface area contributed by atoms with Crippen molar-refractivity contribution in [2.45, 2.75) is 25.9 Å². The van der Waals surface area contributed by atoms with Crippen molar-refractivity contribution in [1.82, 2.24) is 20.1 Å². The zero-order valence-corrected chi connectivity index (χ0v) is 20.2. The quantitative estimate of drug-likeness (QED) is 0.279. The first-order valence-electron chi connectivity index (χ1n) is 10.7. The molecule has 8 heteroatoms. The van der Waals surface area contributed by atoms with Crippen LogP contribution in [0, 0.1) is 11.8 Å². The summed E-state index contributed by atoms with van der Waals surface area (Å²) in [5.41, 5.74) is 4.63. The van der Waals surface area contributed by atoms with Crippen LogP contribution in [0.15, 0.2) is 65.2 Å². The van der Waals surface area contributed by atoms with E-state index in [2.05, 4.69) is 74.1 Å². The Balaban J connectivity index is 1.29. The number of amidine groups is 1. The molecule has 0 amide bonds. The van der Waals surface area contributed by atoms with Crippen molar-refractivity contribution in [2.24, 2.45) is 12.1 Å². The standard InChI is InChI=1S/C25H24N5OPS/c1-3-4-19(14-25-27-29-32-28-25)18-6-8-20(9-7-18)31-15-17-5-10-24-21(13-17)22(16-33-24)23-11-12-26-30(23)2/h5-13,16,19,29,32H,14-15H2,1-2H3,(H,27,28). The normalized spacial score (nSPS) is 14.3. The number of thiophene rings is 1. The van der Waals surface area contributed by atoms with Crippen molar-refractivity contribution < 1.29 is 4.74 Å². The monoisotopic (exact) mass is 473 g/mol. The predicted molar refractivity (Wildman–Crippen MR) is 138 cm³/mol. The molecule has 0 saturated heterocycles. The first-order chi connectivity index (χ1) is 16.2. The van der Waals surface area contributed by atoms with E-state index in [9.17, 15) is 0 Å². The number of hydrogen-bond donors (Lipinski definition) is 2. The summed E-state index contributed by atoms with van der Waals surface area (Å²) >= 11 is 1.75. The maximum absolute atomic E-state index is 6.10. The fourth-order valence-corrected chi connectivity index (χ4v) is 5.39. The molecule has 0 saturated carbocycles. The molecule has 0 spiro atoms. The molecule has 0 aliphatic carbocycles. The van der Waals surface area contributed by atoms with E-state index in [0.29, 0.717) is 15.5 Å². The minimum absolute atomic E-state index is 0.103. The highest BCUT2D eigenvalue weighted by atomic mass is 32.1. The van der Waals surface area contributed by atoms with Crippen LogP contribution in [0.2, 0.25) is 0 Å². The molecular formula is C25H24N5OPS. The van der Waals surface area contributed by atoms with Crippen LogP contribution in [0.1, 0.15) is 30.4 Å². The third-order valence-corrected chi connectivity index (χ3v) is 7.19. The van der Waals surface area contributed by atoms with E-state index >= 15 is 0 Å². The van der Waals surface area contributed by atoms with E-state index in [1.807, 2.05) is 37.0 Å². The molecule has 2 aromatic heterocycles. The van der Waals surface area contributed by atoms with Gasteiger partial charge in [0.1, 0.15) is 18.2 Å². The molecule has 2 aromatic carbocycles. The van der Waals surface area contributed by atoms with Crippen molar-refractivity contribution in [1.29, 1.82) is 0 Å². The lowest BCUT2D eigenvalue weighted by Crippen LogP contribution is -2.14. The Morgan fingerprint density at radius 1 is 1.18 bits per heavy atom. The number of ether oxygens (including phenoxy) is 1. The molecular weight excluding hydrogens is 449 g/mol. The van der Waals surface area contributed by atoms with Crippen LogP contribution in [0.5, 0.6) is 5.75 Å². The molecule has 4 aromatic rings. The van der Waals surface area contributed by atoms with Gasteiger partial charge < -0.3 is 9.82 Å². The van der Waals surface area contributed by atoms with Crippen LogP contribution in [-0.2, 0) is 13.7 Å². The Morgan fingerprint density at radius 2 is 2.06 bits per heavy atom. The third-order valence-electron chi connectivity index (χ3n) is 5.59. The highest BCUT2D eigenvalue weighted by Gasteiger charge is 2.15. The summed E-state index contributed by atoms with van der Waals surface area (Å²) in [7, 11) is 2.42. The second-order valence-corrected chi connectivity index (χ2v) is 9.38. The van der Waals surface area contributed by atoms with Gasteiger partial charge in [0.25, 0.3) is 0 Å². The summed E-state index contributed by atoms with van der Waals surface area (Å²) in [6.07, 6.45) is 2.60. The van der Waals surface area contributed by atoms with E-state index in [0.717, 1.165) is 34.8 Å². The number of nitrogens with one attached hydrogen (secondary N) is 2. The largest absolute Gasteiger partial charge is 0.489 e. The van der Waals surface area contributed by atoms with Crippen molar-refractivity contribution >= 4 is 36.1 Å². The lowest BCUT2D eigenvalue weighted by molar-refractivity contribution is 0.306. The van der Waals surface area contributed by atoms with E-state index in [4.69, 9.17) is 4.74 Å². The lowest BCUT2D eigenvalue weighted by atomic mass is 9.95. The molecule has 6 nitrogen and oxygen atoms in total. The Morgan fingerprint density at radius 3 is 2.79 bits per heavy atom. The first kappa shape index (κ1) is 21.5. The number of fused-ring (bicyclic) bond motifs is 1. The topological polar surface area (TPSA) is 63.5 Å². The third kappa shape index (κ3) is 4.73. The number of aryl methyl sites for hydroxylation is 1. The SMILES string of the molecule is CC#CC(CC1=NNPN1)c1ccc(OCc2ccc3scc(-c4ccnn4C)c3c2)cc1. The van der Waals surface area contributed by atoms with E-state index in [1.165, 1.54) is 15.6 Å². The second kappa shape index (κ2) is 9.66. The van der Waals surface area contributed by atoms with Gasteiger partial charge in [-0.05, 0) is 48.4 Å². The smallest absolute Gasteiger partial charge is 0.128 e. The summed E-state index contributed by atoms with van der Waals surface area (Å²) in [6, 6.07) is 16.8. The van der Waals surface area contributed by atoms with E-state index < -0.39 is 0 Å². The zero-order chi connectivity index (χ0) is 22.6. The van der Waals surface area contributed by atoms with Gasteiger partial charge in [-0.3, -0.25) is 9.88 Å². The van der Waals surface area contributed by atoms with Gasteiger partial charge in [0, 0.05) is 40.7 Å². The minimum atomic E-state index is 0.103. The number of benzene rings is 2. The molecule has 0 radical (unpaired) electrons. The summed E-state index contributed by atoms with van der Waals surface area (Å²) < 4.78 is 9.28. The summed E-state index contributed by atoms with van der Waals surface area (Å²) in [5, 5.41) is 18.3. The van der Waals surface area contributed by atoms with Gasteiger partial charge in [-0.1, -0.05) is 24.1 Å². The molecule has 3 heterocycles. The van der Waals surface area contributed by atoms with Crippen LogP contribution in [0.3, 0.4) is 0 Å². The molecule has 2 atom stereocenters. The maximum Gasteiger partial charge on any atom is 0.128 e. The highest BCUT2D eigenvalue weighted by Crippen LogP contribution is 2.34. The summed E-state index contributed by atoms with van der Waals surface area (Å²) in [5.74, 6) is 8.25. The number of aromatic nitrogens is 2. The Kier molecular flexibility index (Phi) is 6.30. The van der Waals surface area contributed by atoms with Gasteiger partial charge in [0.05, 0.1) is 20.5 Å². The molecule has 5 rings (SSSR count). The van der Waals surface area contributed by atoms with Crippen molar-refractivity contribution in [3.63, 3.8) is 0 Å². The molecule has 0 fully saturated rings. The van der Waals surface area contributed by atoms with Crippen LogP contribution in [0.4, 0.5) is 0 Å². The lowest BCUT2D eigenvalue weighted by Gasteiger charge is -2.12. The van der Waals surface area contributed by atoms with E-state index in [1.54, 1.807) is 11.3 Å². The van der Waals surface area contributed by atoms with Crippen LogP contribution >= 0.6 is 20.2 Å². The van der Waals surface area contributed by atoms with Gasteiger partial charge in [0.15, 0.2) is 0 Å². The van der Waals surface area contributed by atoms with E-state index in [-0.39, 0.29) is 5.92 Å². The van der Waals surface area contributed by atoms with Gasteiger partial charge in [0.2, 0.25) is 0 Å². The van der Waals surface area contributed by atoms with Gasteiger partial charge in [-0.2, -0.15) is 10.2 Å². The molecule has 2 unspecified atom stereocenters. The minimum Gasteiger partial charge on any atom is -0.489 e. The average molecular weight is 474 g/mol. The van der Waals surface area contributed by atoms with Crippen molar-refractivity contribution in [3.05, 3.63) is 71.2 Å². The van der Waals surface area contributed by atoms with Crippen LogP contribution in [0.25, 0.3) is 21.3 Å². The summed E-state index contributed by atoms with van der Waals surface area (Å²) in [6.45, 7) is 2.39. The second-order valence-electron chi connectivity index (χ2n) is 7.75. The van der Waals surface area contributed by atoms with Gasteiger partial charge in [-0.15, -0.1) is 17.3 Å². The molecule has 166 valence electrons. The van der Waals surface area contributed by atoms with Crippen LogP contribution in [-0.4, -0.2) is 15.6 Å². The first-order valence-corrected chi connectivity index (χ1v) is 12.6. The number of hydrogen-bond acceptors (Lipinski definition) is 6. The Labute approximate surface area is 198 Å². The van der Waals surface area contributed by atoms with Gasteiger partial charge in [-0.25, -0.2) is 0 Å². The van der Waals surface area contributed by atoms with Gasteiger partial charge >= 0.3 is 0 Å². The number of hydrazone groups is 1. The molecule has 0 bridgehead atoms. The predicted octanol–water partition coefficient (Wildman–Crippen LogP) is 5.39. The molecule has 1 aliphatic rings. The molecule has 33 heavy (non-hydrogen) atoms. The summed E-state index contributed by atoms with van der Waals surface area (Å²) in [4.78, 5) is 0. The maximum atomic E-state index is 6.10. The highest BCUT2D eigenvalue weighted by molar-refractivity contribution is 7.34. The number of rotatable bonds is 7. The zero-order valence-electron chi connectivity index (χ0n) is 18.4. The van der Waals surface area contributed by atoms with Crippen molar-refractivity contribution in [3.8, 4) is 28.8 Å². The van der Waals surface area contributed by atoms with Crippen molar-refractivity contribution in [2.75, 3.05) is 0 Å². The fraction of sp³-hybridized carbons (Fsp3) is 0.200. The van der Waals surface area contributed by atoms with Crippen LogP contribution < -0.4 is 15.0 Å². The average Bonchev–Trinajstić information content (AvgIpc) is 3.59. The fourth-order valence-electron chi connectivity index (χ4n) is 3.91. The number of nitrogens with zero attached hydrogens (tertiary/aromatic N) is 3. The molecule has 2 N–H and O–H groups in total. The Bertz CT molecular complexity index is 1360. The molecule has 1 aliphatic heterocycles.